The van der Waals surface area contributed by atoms with Crippen molar-refractivity contribution >= 4 is 34.9 Å². The van der Waals surface area contributed by atoms with Crippen LogP contribution in [-0.4, -0.2) is 52.9 Å². The molecule has 2 N–H and O–H groups in total. The van der Waals surface area contributed by atoms with Crippen LogP contribution in [0.1, 0.15) is 68.8 Å². The number of nitrogens with one attached hydrogen (secondary N) is 1. The number of ether oxygens (including phenoxy) is 1. The molecule has 1 aliphatic heterocycles. The number of esters is 1. The summed E-state index contributed by atoms with van der Waals surface area (Å²) in [7, 11) is 0. The molecule has 0 bridgehead atoms. The average Bonchev–Trinajstić information content (AvgIpc) is 3.49. The number of carbonyl (C=O) groups excluding carboxylic acids is 2. The van der Waals surface area contributed by atoms with Crippen molar-refractivity contribution in [1.29, 1.82) is 0 Å². The van der Waals surface area contributed by atoms with Crippen LogP contribution in [0.3, 0.4) is 0 Å². The van der Waals surface area contributed by atoms with Gasteiger partial charge < -0.3 is 15.2 Å². The molecule has 1 saturated carbocycles. The first-order chi connectivity index (χ1) is 17.6. The molecule has 6 nitrogen and oxygen atoms in total. The summed E-state index contributed by atoms with van der Waals surface area (Å²) in [6.07, 6.45) is 4.77. The quantitative estimate of drug-likeness (QED) is 0.176. The van der Waals surface area contributed by atoms with Gasteiger partial charge in [-0.3, -0.25) is 4.79 Å². The minimum Gasteiger partial charge on any atom is -0.461 e. The number of hydrogen-bond donors (Lipinski definition) is 2. The summed E-state index contributed by atoms with van der Waals surface area (Å²) in [5, 5.41) is 15.3. The Kier molecular flexibility index (Phi) is 11.7. The lowest BCUT2D eigenvalue weighted by atomic mass is 9.90. The predicted octanol–water partition coefficient (Wildman–Crippen LogP) is 5.93. The van der Waals surface area contributed by atoms with Gasteiger partial charge in [0.15, 0.2) is 15.9 Å². The smallest absolute Gasteiger partial charge is 0.357 e. The normalized spacial score (nSPS) is 22.4. The van der Waals surface area contributed by atoms with E-state index in [4.69, 9.17) is 4.74 Å². The molecule has 0 spiro atoms. The monoisotopic (exact) mass is 560 g/mol. The molecule has 37 heavy (non-hydrogen) atoms. The fourth-order valence-electron chi connectivity index (χ4n) is 4.62. The Morgan fingerprint density at radius 2 is 2.08 bits per heavy atom. The van der Waals surface area contributed by atoms with E-state index in [1.807, 2.05) is 6.08 Å². The van der Waals surface area contributed by atoms with Crippen LogP contribution >= 0.6 is 23.1 Å². The van der Waals surface area contributed by atoms with Gasteiger partial charge in [-0.15, -0.1) is 11.3 Å². The molecular formula is C26H35F3N2O4S2. The number of carbonyl (C=O) groups is 2. The Morgan fingerprint density at radius 3 is 2.81 bits per heavy atom. The van der Waals surface area contributed by atoms with Crippen molar-refractivity contribution in [2.24, 2.45) is 17.8 Å². The molecule has 1 aromatic heterocycles. The van der Waals surface area contributed by atoms with Gasteiger partial charge in [-0.1, -0.05) is 23.9 Å². The van der Waals surface area contributed by atoms with Crippen molar-refractivity contribution in [2.75, 3.05) is 25.4 Å². The zero-order valence-corrected chi connectivity index (χ0v) is 22.7. The second kappa shape index (κ2) is 14.5. The van der Waals surface area contributed by atoms with Crippen LogP contribution in [0, 0.1) is 17.8 Å². The molecule has 2 aliphatic rings. The summed E-state index contributed by atoms with van der Waals surface area (Å²) >= 11 is 2.90. The van der Waals surface area contributed by atoms with Crippen molar-refractivity contribution in [3.63, 3.8) is 0 Å². The molecule has 3 atom stereocenters. The van der Waals surface area contributed by atoms with Crippen molar-refractivity contribution in [3.8, 4) is 0 Å². The molecule has 1 aliphatic carbocycles. The first-order valence-corrected chi connectivity index (χ1v) is 14.6. The van der Waals surface area contributed by atoms with Crippen LogP contribution in [0.15, 0.2) is 33.8 Å². The minimum atomic E-state index is -2.35. The zero-order valence-electron chi connectivity index (χ0n) is 21.0. The highest BCUT2D eigenvalue weighted by Gasteiger charge is 2.33. The Labute approximate surface area is 224 Å². The van der Waals surface area contributed by atoms with Gasteiger partial charge in [0.2, 0.25) is 0 Å². The van der Waals surface area contributed by atoms with Gasteiger partial charge in [0.1, 0.15) is 5.78 Å². The predicted molar refractivity (Wildman–Crippen MR) is 139 cm³/mol. The van der Waals surface area contributed by atoms with Crippen molar-refractivity contribution in [1.82, 2.24) is 10.3 Å². The van der Waals surface area contributed by atoms with E-state index in [0.717, 1.165) is 36.7 Å². The van der Waals surface area contributed by atoms with Gasteiger partial charge in [-0.25, -0.2) is 14.2 Å². The topological polar surface area (TPSA) is 88.5 Å². The lowest BCUT2D eigenvalue weighted by molar-refractivity contribution is -0.121. The molecule has 1 aromatic rings. The summed E-state index contributed by atoms with van der Waals surface area (Å²) in [5.74, 6) is -0.720. The van der Waals surface area contributed by atoms with E-state index in [1.54, 1.807) is 11.5 Å². The third kappa shape index (κ3) is 9.85. The maximum absolute atomic E-state index is 13.0. The van der Waals surface area contributed by atoms with E-state index in [2.05, 4.69) is 10.3 Å². The average molecular weight is 561 g/mol. The summed E-state index contributed by atoms with van der Waals surface area (Å²) < 4.78 is 43.7. The van der Waals surface area contributed by atoms with Crippen LogP contribution in [0.5, 0.6) is 0 Å². The van der Waals surface area contributed by atoms with Crippen molar-refractivity contribution < 1.29 is 32.6 Å². The lowest BCUT2D eigenvalue weighted by Gasteiger charge is -2.21. The Hall–Kier alpha value is -1.69. The fraction of sp³-hybridized carbons (Fsp3) is 0.654. The Balaban J connectivity index is 1.41. The van der Waals surface area contributed by atoms with Gasteiger partial charge in [0.05, 0.1) is 12.2 Å². The second-order valence-electron chi connectivity index (χ2n) is 10.00. The maximum atomic E-state index is 13.0. The second-order valence-corrected chi connectivity index (χ2v) is 12.2. The summed E-state index contributed by atoms with van der Waals surface area (Å²) in [5.41, 5.74) is -0.995. The molecule has 2 heterocycles. The highest BCUT2D eigenvalue weighted by Crippen LogP contribution is 2.35. The first kappa shape index (κ1) is 29.9. The largest absolute Gasteiger partial charge is 0.461 e. The van der Waals surface area contributed by atoms with E-state index >= 15 is 0 Å². The molecule has 1 saturated heterocycles. The number of thiazole rings is 1. The summed E-state index contributed by atoms with van der Waals surface area (Å²) in [6.45, 7) is 3.80. The molecule has 3 rings (SSSR count). The molecule has 206 valence electrons. The molecule has 0 aromatic carbocycles. The highest BCUT2D eigenvalue weighted by atomic mass is 32.2. The Bertz CT molecular complexity index is 973. The first-order valence-electron chi connectivity index (χ1n) is 12.7. The molecule has 0 unspecified atom stereocenters. The molecule has 2 fully saturated rings. The van der Waals surface area contributed by atoms with Gasteiger partial charge in [0.25, 0.3) is 0 Å². The van der Waals surface area contributed by atoms with Crippen LogP contribution in [-0.2, 0) is 9.53 Å². The summed E-state index contributed by atoms with van der Waals surface area (Å²) in [4.78, 5) is 29.1. The number of nitrogens with zero attached hydrogens (tertiary/aromatic N) is 1. The number of hydrogen-bond acceptors (Lipinski definition) is 8. The highest BCUT2D eigenvalue weighted by molar-refractivity contribution is 8.01. The fourth-order valence-corrected chi connectivity index (χ4v) is 6.51. The van der Waals surface area contributed by atoms with E-state index < -0.39 is 29.9 Å². The van der Waals surface area contributed by atoms with E-state index in [0.29, 0.717) is 36.8 Å². The number of piperidine rings is 1. The number of Topliss-reactive ketones (excluding diaryl/α,β-unsaturated/α-hetero) is 1. The number of aliphatic hydroxyl groups is 1. The van der Waals surface area contributed by atoms with Crippen molar-refractivity contribution in [3.05, 3.63) is 35.1 Å². The van der Waals surface area contributed by atoms with Gasteiger partial charge in [-0.2, -0.15) is 8.78 Å². The lowest BCUT2D eigenvalue weighted by Crippen LogP contribution is -2.30. The van der Waals surface area contributed by atoms with Crippen LogP contribution < -0.4 is 5.32 Å². The van der Waals surface area contributed by atoms with E-state index in [9.17, 15) is 27.9 Å². The van der Waals surface area contributed by atoms with Gasteiger partial charge in [0, 0.05) is 29.9 Å². The number of rotatable bonds is 13. The number of aromatic nitrogens is 1. The third-order valence-corrected chi connectivity index (χ3v) is 8.99. The number of ketones is 1. The van der Waals surface area contributed by atoms with Gasteiger partial charge >= 0.3 is 12.0 Å². The number of allylic oxidation sites excluding steroid dienone is 2. The number of thioether (sulfide) groups is 1. The number of halogens is 3. The zero-order chi connectivity index (χ0) is 26.8. The van der Waals surface area contributed by atoms with Gasteiger partial charge in [-0.05, 0) is 70.4 Å². The summed E-state index contributed by atoms with van der Waals surface area (Å²) in [6, 6.07) is 0. The molecule has 11 heteroatoms. The van der Waals surface area contributed by atoms with Crippen LogP contribution in [0.2, 0.25) is 0 Å². The third-order valence-electron chi connectivity index (χ3n) is 6.94. The van der Waals surface area contributed by atoms with Crippen LogP contribution in [0.4, 0.5) is 13.2 Å². The van der Waals surface area contributed by atoms with Crippen LogP contribution in [0.25, 0.3) is 0 Å². The standard InChI is InChI=1S/C26H35F3N2O4S2/c1-26(34,11-6-20(27)23(28)29)10-2-3-18-4-5-22(32)19(18)9-14-36-25-31-21(16-37-25)24(33)35-15-17-7-12-30-13-8-17/h2-3,16-19,30,34H,4-15H2,1H3/b3-2+/t18-,19+,26-/m1/s1. The molecule has 0 radical (unpaired) electrons. The molecular weight excluding hydrogens is 525 g/mol. The van der Waals surface area contributed by atoms with E-state index in [-0.39, 0.29) is 30.5 Å². The molecule has 0 amide bonds. The van der Waals surface area contributed by atoms with Crippen molar-refractivity contribution in [2.45, 2.75) is 68.2 Å². The Morgan fingerprint density at radius 1 is 1.32 bits per heavy atom. The minimum absolute atomic E-state index is 0.0423. The van der Waals surface area contributed by atoms with E-state index in [1.165, 1.54) is 30.0 Å². The maximum Gasteiger partial charge on any atom is 0.357 e. The SMILES string of the molecule is C[C@@](O)(C/C=C/[C@@H]1CCC(=O)[C@H]1CCSc1nc(C(=O)OCC2CCNCC2)cs1)CCC(F)=C(F)F.